The van der Waals surface area contributed by atoms with E-state index in [-0.39, 0.29) is 21.0 Å². The van der Waals surface area contributed by atoms with Crippen LogP contribution in [0.3, 0.4) is 0 Å². The smallest absolute Gasteiger partial charge is 0.349 e. The first-order valence-corrected chi connectivity index (χ1v) is 11.5. The molecule has 0 unspecified atom stereocenters. The summed E-state index contributed by atoms with van der Waals surface area (Å²) >= 11 is 0. The number of ether oxygens (including phenoxy) is 2. The molecule has 0 bridgehead atoms. The predicted molar refractivity (Wildman–Crippen MR) is 121 cm³/mol. The number of esters is 2. The molecule has 0 N–H and O–H groups in total. The van der Waals surface area contributed by atoms with Gasteiger partial charge in [-0.05, 0) is 42.7 Å². The van der Waals surface area contributed by atoms with E-state index in [1.54, 1.807) is 48.5 Å². The molecule has 0 aromatic heterocycles. The standard InChI is InChI=1S/C25H22O6S/c1-15-5-9-17(10-6-15)20-13-19(22-23(26)30-25(3,4)31-24(22)27)14-21(32(20,28)29)18-11-7-16(2)8-12-18/h5-14H,1-4H3. The molecule has 0 atom stereocenters. The number of carbonyl (C=O) groups is 2. The van der Waals surface area contributed by atoms with Gasteiger partial charge in [0.2, 0.25) is 9.84 Å². The largest absolute Gasteiger partial charge is 0.419 e. The summed E-state index contributed by atoms with van der Waals surface area (Å²) < 4.78 is 37.6. The summed E-state index contributed by atoms with van der Waals surface area (Å²) in [5, 5.41) is 0. The van der Waals surface area contributed by atoms with Gasteiger partial charge in [0.05, 0.1) is 9.81 Å². The van der Waals surface area contributed by atoms with Crippen LogP contribution >= 0.6 is 0 Å². The fourth-order valence-electron chi connectivity index (χ4n) is 3.54. The molecule has 0 spiro atoms. The zero-order valence-electron chi connectivity index (χ0n) is 18.1. The summed E-state index contributed by atoms with van der Waals surface area (Å²) in [6, 6.07) is 14.0. The molecule has 6 nitrogen and oxygen atoms in total. The minimum absolute atomic E-state index is 0.0106. The van der Waals surface area contributed by atoms with Crippen LogP contribution < -0.4 is 0 Å². The third-order valence-electron chi connectivity index (χ3n) is 5.20. The number of aryl methyl sites for hydroxylation is 2. The van der Waals surface area contributed by atoms with E-state index in [2.05, 4.69) is 0 Å². The van der Waals surface area contributed by atoms with Crippen LogP contribution in [0.25, 0.3) is 9.81 Å². The van der Waals surface area contributed by atoms with Crippen LogP contribution in [0, 0.1) is 13.8 Å². The maximum atomic E-state index is 13.6. The van der Waals surface area contributed by atoms with Gasteiger partial charge in [0.25, 0.3) is 5.79 Å². The van der Waals surface area contributed by atoms with Gasteiger partial charge in [-0.15, -0.1) is 0 Å². The monoisotopic (exact) mass is 450 g/mol. The second kappa shape index (κ2) is 7.60. The molecule has 2 aromatic carbocycles. The van der Waals surface area contributed by atoms with Crippen molar-refractivity contribution >= 4 is 31.6 Å². The van der Waals surface area contributed by atoms with Crippen molar-refractivity contribution in [3.05, 3.63) is 94.1 Å². The van der Waals surface area contributed by atoms with Gasteiger partial charge < -0.3 is 9.47 Å². The van der Waals surface area contributed by atoms with E-state index in [4.69, 9.17) is 9.47 Å². The lowest BCUT2D eigenvalue weighted by molar-refractivity contribution is -0.222. The summed E-state index contributed by atoms with van der Waals surface area (Å²) in [5.41, 5.74) is 2.62. The molecular formula is C25H22O6S. The van der Waals surface area contributed by atoms with Gasteiger partial charge >= 0.3 is 11.9 Å². The van der Waals surface area contributed by atoms with Gasteiger partial charge in [0.1, 0.15) is 0 Å². The average Bonchev–Trinajstić information content (AvgIpc) is 2.69. The van der Waals surface area contributed by atoms with E-state index in [0.29, 0.717) is 11.1 Å². The maximum Gasteiger partial charge on any atom is 0.349 e. The number of rotatable bonds is 2. The summed E-state index contributed by atoms with van der Waals surface area (Å²) in [6.07, 6.45) is 2.65. The quantitative estimate of drug-likeness (QED) is 0.386. The molecule has 2 aromatic rings. The minimum Gasteiger partial charge on any atom is -0.419 e. The number of hydrogen-bond donors (Lipinski definition) is 0. The van der Waals surface area contributed by atoms with Crippen molar-refractivity contribution in [1.29, 1.82) is 0 Å². The molecule has 1 saturated heterocycles. The van der Waals surface area contributed by atoms with E-state index in [1.807, 2.05) is 13.8 Å². The Hall–Kier alpha value is -3.45. The van der Waals surface area contributed by atoms with Crippen molar-refractivity contribution in [3.63, 3.8) is 0 Å². The van der Waals surface area contributed by atoms with Crippen LogP contribution in [-0.2, 0) is 28.9 Å². The number of sulfone groups is 1. The van der Waals surface area contributed by atoms with Crippen LogP contribution in [0.4, 0.5) is 0 Å². The second-order valence-corrected chi connectivity index (χ2v) is 10.1. The maximum absolute atomic E-state index is 13.6. The Kier molecular flexibility index (Phi) is 5.17. The highest BCUT2D eigenvalue weighted by Gasteiger charge is 2.41. The van der Waals surface area contributed by atoms with Crippen molar-refractivity contribution in [2.24, 2.45) is 0 Å². The van der Waals surface area contributed by atoms with Crippen molar-refractivity contribution in [3.8, 4) is 0 Å². The van der Waals surface area contributed by atoms with Gasteiger partial charge in [0.15, 0.2) is 5.57 Å². The third-order valence-corrected chi connectivity index (χ3v) is 7.06. The Balaban J connectivity index is 1.98. The van der Waals surface area contributed by atoms with E-state index < -0.39 is 27.6 Å². The van der Waals surface area contributed by atoms with Gasteiger partial charge in [-0.25, -0.2) is 18.0 Å². The van der Waals surface area contributed by atoms with E-state index in [0.717, 1.165) is 11.1 Å². The van der Waals surface area contributed by atoms with Gasteiger partial charge in [-0.1, -0.05) is 59.7 Å². The topological polar surface area (TPSA) is 86.7 Å². The summed E-state index contributed by atoms with van der Waals surface area (Å²) in [7, 11) is -3.94. The first kappa shape index (κ1) is 21.8. The van der Waals surface area contributed by atoms with Crippen LogP contribution in [0.1, 0.15) is 36.1 Å². The first-order valence-electron chi connectivity index (χ1n) is 10.0. The summed E-state index contributed by atoms with van der Waals surface area (Å²) in [4.78, 5) is 25.3. The van der Waals surface area contributed by atoms with Crippen molar-refractivity contribution in [1.82, 2.24) is 0 Å². The van der Waals surface area contributed by atoms with Crippen LogP contribution in [0.2, 0.25) is 0 Å². The molecule has 2 aliphatic heterocycles. The molecule has 1 fully saturated rings. The van der Waals surface area contributed by atoms with Gasteiger partial charge in [-0.3, -0.25) is 0 Å². The SMILES string of the molecule is Cc1ccc(C2=CC(=C3C(=O)OC(C)(C)OC3=O)C=C(c3ccc(C)cc3)S2(=O)=O)cc1. The van der Waals surface area contributed by atoms with Crippen LogP contribution in [-0.4, -0.2) is 26.1 Å². The van der Waals surface area contributed by atoms with Crippen molar-refractivity contribution < 1.29 is 27.5 Å². The van der Waals surface area contributed by atoms with Crippen LogP contribution in [0.15, 0.2) is 71.8 Å². The molecule has 7 heteroatoms. The molecule has 0 amide bonds. The van der Waals surface area contributed by atoms with E-state index in [9.17, 15) is 18.0 Å². The minimum atomic E-state index is -3.94. The summed E-state index contributed by atoms with van der Waals surface area (Å²) in [5.74, 6) is -3.12. The molecule has 32 heavy (non-hydrogen) atoms. The van der Waals surface area contributed by atoms with Crippen LogP contribution in [0.5, 0.6) is 0 Å². The molecule has 0 aliphatic carbocycles. The lowest BCUT2D eigenvalue weighted by Crippen LogP contribution is -2.42. The lowest BCUT2D eigenvalue weighted by Gasteiger charge is -2.31. The number of hydrogen-bond acceptors (Lipinski definition) is 6. The average molecular weight is 451 g/mol. The number of allylic oxidation sites excluding steroid dienone is 3. The van der Waals surface area contributed by atoms with Gasteiger partial charge in [0, 0.05) is 13.8 Å². The Morgan fingerprint density at radius 1 is 0.688 bits per heavy atom. The molecule has 0 radical (unpaired) electrons. The Morgan fingerprint density at radius 3 is 1.44 bits per heavy atom. The predicted octanol–water partition coefficient (Wildman–Crippen LogP) is 4.25. The second-order valence-electron chi connectivity index (χ2n) is 8.26. The number of benzene rings is 2. The summed E-state index contributed by atoms with van der Waals surface area (Å²) in [6.45, 7) is 6.70. The zero-order chi connectivity index (χ0) is 23.3. The Morgan fingerprint density at radius 2 is 1.06 bits per heavy atom. The fraction of sp³-hybridized carbons (Fsp3) is 0.200. The Labute approximate surface area is 186 Å². The molecule has 2 aliphatic rings. The fourth-order valence-corrected chi connectivity index (χ4v) is 5.24. The van der Waals surface area contributed by atoms with Crippen molar-refractivity contribution in [2.75, 3.05) is 0 Å². The van der Waals surface area contributed by atoms with Gasteiger partial charge in [-0.2, -0.15) is 0 Å². The molecule has 2 heterocycles. The number of cyclic esters (lactones) is 2. The van der Waals surface area contributed by atoms with E-state index >= 15 is 0 Å². The molecular weight excluding hydrogens is 428 g/mol. The zero-order valence-corrected chi connectivity index (χ0v) is 18.9. The lowest BCUT2D eigenvalue weighted by atomic mass is 10.0. The Bertz CT molecular complexity index is 1230. The van der Waals surface area contributed by atoms with Crippen molar-refractivity contribution in [2.45, 2.75) is 33.5 Å². The van der Waals surface area contributed by atoms with E-state index in [1.165, 1.54) is 26.0 Å². The highest BCUT2D eigenvalue weighted by atomic mass is 32.2. The number of carbonyl (C=O) groups excluding carboxylic acids is 2. The first-order chi connectivity index (χ1) is 15.0. The molecule has 164 valence electrons. The highest BCUT2D eigenvalue weighted by Crippen LogP contribution is 2.40. The molecule has 4 rings (SSSR count). The normalized spacial score (nSPS) is 19.6. The molecule has 0 saturated carbocycles. The third kappa shape index (κ3) is 3.91. The highest BCUT2D eigenvalue weighted by molar-refractivity contribution is 8.09.